The van der Waals surface area contributed by atoms with E-state index in [1.807, 2.05) is 30.3 Å². The van der Waals surface area contributed by atoms with Crippen LogP contribution in [0.1, 0.15) is 5.56 Å². The van der Waals surface area contributed by atoms with Crippen molar-refractivity contribution in [2.24, 2.45) is 0 Å². The lowest BCUT2D eigenvalue weighted by Gasteiger charge is -1.97. The van der Waals surface area contributed by atoms with Gasteiger partial charge in [-0.1, -0.05) is 30.3 Å². The normalized spacial score (nSPS) is 10.8. The molecule has 0 atom stereocenters. The first-order valence-electron chi connectivity index (χ1n) is 6.02. The number of carboxylic acid groups (broad SMARTS) is 1. The summed E-state index contributed by atoms with van der Waals surface area (Å²) >= 11 is 0. The number of carbonyl (C=O) groups is 1. The molecule has 20 heavy (non-hydrogen) atoms. The van der Waals surface area contributed by atoms with Crippen molar-refractivity contribution in [1.82, 2.24) is 14.6 Å². The van der Waals surface area contributed by atoms with Gasteiger partial charge in [-0.25, -0.2) is 9.50 Å². The summed E-state index contributed by atoms with van der Waals surface area (Å²) in [4.78, 5) is 26.9. The summed E-state index contributed by atoms with van der Waals surface area (Å²) < 4.78 is 1.26. The summed E-state index contributed by atoms with van der Waals surface area (Å²) in [5.74, 6) is -1.06. The Hall–Kier alpha value is -2.89. The van der Waals surface area contributed by atoms with E-state index in [2.05, 4.69) is 10.1 Å². The predicted octanol–water partition coefficient (Wildman–Crippen LogP) is 1.32. The van der Waals surface area contributed by atoms with Gasteiger partial charge in [0.05, 0.1) is 12.1 Å². The smallest absolute Gasteiger partial charge is 0.308 e. The van der Waals surface area contributed by atoms with E-state index in [0.717, 1.165) is 11.3 Å². The van der Waals surface area contributed by atoms with Crippen LogP contribution in [0.4, 0.5) is 0 Å². The van der Waals surface area contributed by atoms with E-state index in [1.54, 1.807) is 6.07 Å². The number of aromatic amines is 1. The third kappa shape index (κ3) is 2.07. The van der Waals surface area contributed by atoms with Crippen LogP contribution < -0.4 is 5.56 Å². The van der Waals surface area contributed by atoms with Gasteiger partial charge in [-0.3, -0.25) is 14.7 Å². The van der Waals surface area contributed by atoms with Gasteiger partial charge in [0, 0.05) is 17.8 Å². The topological polar surface area (TPSA) is 87.5 Å². The zero-order valence-electron chi connectivity index (χ0n) is 10.4. The third-order valence-electron chi connectivity index (χ3n) is 2.99. The highest BCUT2D eigenvalue weighted by Gasteiger charge is 2.11. The first-order valence-corrected chi connectivity index (χ1v) is 6.02. The van der Waals surface area contributed by atoms with Crippen molar-refractivity contribution >= 4 is 11.6 Å². The fourth-order valence-corrected chi connectivity index (χ4v) is 2.05. The van der Waals surface area contributed by atoms with E-state index in [4.69, 9.17) is 5.11 Å². The van der Waals surface area contributed by atoms with Crippen LogP contribution in [0.25, 0.3) is 16.9 Å². The molecule has 0 aliphatic rings. The number of H-pyrrole nitrogens is 1. The minimum absolute atomic E-state index is 0.150. The Bertz CT molecular complexity index is 834. The molecule has 100 valence electrons. The number of carboxylic acids is 1. The van der Waals surface area contributed by atoms with Crippen molar-refractivity contribution in [3.05, 3.63) is 58.5 Å². The van der Waals surface area contributed by atoms with Gasteiger partial charge in [0.25, 0.3) is 5.56 Å². The maximum atomic E-state index is 12.1. The molecule has 0 fully saturated rings. The molecule has 0 radical (unpaired) electrons. The van der Waals surface area contributed by atoms with Crippen LogP contribution in [0.15, 0.2) is 47.4 Å². The number of aromatic nitrogens is 3. The second kappa shape index (κ2) is 4.65. The minimum atomic E-state index is -1.06. The van der Waals surface area contributed by atoms with Gasteiger partial charge in [-0.2, -0.15) is 0 Å². The number of benzene rings is 1. The Morgan fingerprint density at radius 3 is 2.75 bits per heavy atom. The Morgan fingerprint density at radius 1 is 1.30 bits per heavy atom. The highest BCUT2D eigenvalue weighted by atomic mass is 16.4. The fraction of sp³-hybridized carbons (Fsp3) is 0.0714. The quantitative estimate of drug-likeness (QED) is 0.750. The van der Waals surface area contributed by atoms with Crippen molar-refractivity contribution in [2.75, 3.05) is 0 Å². The zero-order valence-corrected chi connectivity index (χ0v) is 10.4. The lowest BCUT2D eigenvalue weighted by atomic mass is 10.2. The van der Waals surface area contributed by atoms with Crippen molar-refractivity contribution in [2.45, 2.75) is 6.42 Å². The lowest BCUT2D eigenvalue weighted by Crippen LogP contribution is -2.21. The summed E-state index contributed by atoms with van der Waals surface area (Å²) in [6, 6.07) is 11.3. The van der Waals surface area contributed by atoms with Crippen molar-refractivity contribution in [3.63, 3.8) is 0 Å². The molecule has 0 saturated heterocycles. The summed E-state index contributed by atoms with van der Waals surface area (Å²) in [6.07, 6.45) is 0.975. The molecule has 6 heteroatoms. The SMILES string of the molecule is O=C(O)Cc1cnc2cc(-c3ccccc3)[nH]n2c1=O. The summed E-state index contributed by atoms with van der Waals surface area (Å²) in [6.45, 7) is 0. The van der Waals surface area contributed by atoms with Gasteiger partial charge in [0.15, 0.2) is 5.65 Å². The highest BCUT2D eigenvalue weighted by molar-refractivity contribution is 5.70. The van der Waals surface area contributed by atoms with Crippen LogP contribution in [-0.4, -0.2) is 25.7 Å². The first-order chi connectivity index (χ1) is 9.65. The van der Waals surface area contributed by atoms with E-state index in [-0.39, 0.29) is 17.5 Å². The standard InChI is InChI=1S/C14H11N3O3/c18-13(19)6-10-8-15-12-7-11(16-17(12)14(10)20)9-4-2-1-3-5-9/h1-5,7-8,16H,6H2,(H,18,19). The maximum Gasteiger partial charge on any atom is 0.308 e. The van der Waals surface area contributed by atoms with Gasteiger partial charge in [-0.05, 0) is 5.56 Å². The van der Waals surface area contributed by atoms with Crippen LogP contribution in [0.5, 0.6) is 0 Å². The number of aliphatic carboxylic acids is 1. The first kappa shape index (κ1) is 12.2. The average Bonchev–Trinajstić information content (AvgIpc) is 2.87. The number of hydrogen-bond donors (Lipinski definition) is 2. The Kier molecular flexibility index (Phi) is 2.83. The van der Waals surface area contributed by atoms with Crippen LogP contribution in [0, 0.1) is 0 Å². The Balaban J connectivity index is 2.15. The van der Waals surface area contributed by atoms with E-state index in [9.17, 15) is 9.59 Å². The molecule has 0 aliphatic heterocycles. The molecule has 0 amide bonds. The second-order valence-corrected chi connectivity index (χ2v) is 4.39. The average molecular weight is 269 g/mol. The van der Waals surface area contributed by atoms with E-state index < -0.39 is 5.97 Å². The largest absolute Gasteiger partial charge is 0.481 e. The third-order valence-corrected chi connectivity index (χ3v) is 2.99. The lowest BCUT2D eigenvalue weighted by molar-refractivity contribution is -0.136. The van der Waals surface area contributed by atoms with Gasteiger partial charge in [0.2, 0.25) is 0 Å². The van der Waals surface area contributed by atoms with Gasteiger partial charge in [0.1, 0.15) is 0 Å². The Labute approximate surface area is 113 Å². The second-order valence-electron chi connectivity index (χ2n) is 4.39. The molecule has 0 saturated carbocycles. The fourth-order valence-electron chi connectivity index (χ4n) is 2.05. The van der Waals surface area contributed by atoms with Crippen LogP contribution >= 0.6 is 0 Å². The van der Waals surface area contributed by atoms with E-state index in [1.165, 1.54) is 10.7 Å². The van der Waals surface area contributed by atoms with Crippen LogP contribution in [-0.2, 0) is 11.2 Å². The van der Waals surface area contributed by atoms with Crippen molar-refractivity contribution in [1.29, 1.82) is 0 Å². The zero-order chi connectivity index (χ0) is 14.1. The molecule has 1 aromatic carbocycles. The van der Waals surface area contributed by atoms with E-state index >= 15 is 0 Å². The number of fused-ring (bicyclic) bond motifs is 1. The molecular formula is C14H11N3O3. The van der Waals surface area contributed by atoms with Gasteiger partial charge >= 0.3 is 5.97 Å². The molecule has 0 unspecified atom stereocenters. The minimum Gasteiger partial charge on any atom is -0.481 e. The molecule has 0 bridgehead atoms. The van der Waals surface area contributed by atoms with Gasteiger partial charge < -0.3 is 5.11 Å². The number of hydrogen-bond acceptors (Lipinski definition) is 3. The Morgan fingerprint density at radius 2 is 2.05 bits per heavy atom. The highest BCUT2D eigenvalue weighted by Crippen LogP contribution is 2.17. The number of nitrogens with zero attached hydrogens (tertiary/aromatic N) is 2. The molecule has 2 N–H and O–H groups in total. The molecule has 6 nitrogen and oxygen atoms in total. The van der Waals surface area contributed by atoms with Crippen LogP contribution in [0.2, 0.25) is 0 Å². The summed E-state index contributed by atoms with van der Waals surface area (Å²) in [5.41, 5.74) is 1.90. The van der Waals surface area contributed by atoms with Crippen molar-refractivity contribution in [3.8, 4) is 11.3 Å². The molecule has 0 spiro atoms. The number of rotatable bonds is 3. The maximum absolute atomic E-state index is 12.1. The summed E-state index contributed by atoms with van der Waals surface area (Å²) in [5, 5.41) is 11.7. The predicted molar refractivity (Wildman–Crippen MR) is 72.6 cm³/mol. The van der Waals surface area contributed by atoms with Crippen molar-refractivity contribution < 1.29 is 9.90 Å². The van der Waals surface area contributed by atoms with Gasteiger partial charge in [-0.15, -0.1) is 0 Å². The number of nitrogens with one attached hydrogen (secondary N) is 1. The molecule has 2 aromatic heterocycles. The molecular weight excluding hydrogens is 258 g/mol. The molecule has 3 rings (SSSR count). The molecule has 3 aromatic rings. The monoisotopic (exact) mass is 269 g/mol. The molecule has 2 heterocycles. The van der Waals surface area contributed by atoms with E-state index in [0.29, 0.717) is 5.65 Å². The van der Waals surface area contributed by atoms with Crippen LogP contribution in [0.3, 0.4) is 0 Å². The summed E-state index contributed by atoms with van der Waals surface area (Å²) in [7, 11) is 0. The molecule has 0 aliphatic carbocycles.